The Bertz CT molecular complexity index is 773. The van der Waals surface area contributed by atoms with Crippen LogP contribution in [0.2, 0.25) is 0 Å². The number of aromatic nitrogens is 2. The minimum absolute atomic E-state index is 0.107. The van der Waals surface area contributed by atoms with Gasteiger partial charge in [0.2, 0.25) is 0 Å². The standard InChI is InChI=1S/C13H14N4OS/c1-7-5-3-4-6-9(7)17-12(18)10(8(2)14)11(15)16-13(17)19/h3-6,14H,15H2,1-2H3,(H,16,19). The largest absolute Gasteiger partial charge is 0.384 e. The number of rotatable bonds is 2. The van der Waals surface area contributed by atoms with Crippen LogP contribution >= 0.6 is 12.2 Å². The fraction of sp³-hybridized carbons (Fsp3) is 0.154. The third-order valence-corrected chi connectivity index (χ3v) is 3.15. The molecule has 1 aromatic heterocycles. The summed E-state index contributed by atoms with van der Waals surface area (Å²) in [6, 6.07) is 7.41. The molecule has 98 valence electrons. The van der Waals surface area contributed by atoms with E-state index >= 15 is 0 Å². The van der Waals surface area contributed by atoms with Crippen molar-refractivity contribution in [2.45, 2.75) is 13.8 Å². The topological polar surface area (TPSA) is 87.7 Å². The minimum Gasteiger partial charge on any atom is -0.384 e. The Morgan fingerprint density at radius 1 is 1.42 bits per heavy atom. The van der Waals surface area contributed by atoms with Gasteiger partial charge >= 0.3 is 0 Å². The molecular weight excluding hydrogens is 260 g/mol. The first-order valence-corrected chi connectivity index (χ1v) is 6.10. The molecule has 4 N–H and O–H groups in total. The number of H-pyrrole nitrogens is 1. The van der Waals surface area contributed by atoms with Crippen molar-refractivity contribution in [3.63, 3.8) is 0 Å². The lowest BCUT2D eigenvalue weighted by atomic mass is 10.1. The zero-order chi connectivity index (χ0) is 14.2. The average Bonchev–Trinajstić information content (AvgIpc) is 2.30. The van der Waals surface area contributed by atoms with Gasteiger partial charge in [-0.2, -0.15) is 0 Å². The molecule has 0 amide bonds. The number of para-hydroxylation sites is 1. The van der Waals surface area contributed by atoms with E-state index < -0.39 is 0 Å². The number of nitrogens with zero attached hydrogens (tertiary/aromatic N) is 1. The van der Waals surface area contributed by atoms with Crippen LogP contribution in [0.5, 0.6) is 0 Å². The van der Waals surface area contributed by atoms with E-state index in [1.807, 2.05) is 25.1 Å². The van der Waals surface area contributed by atoms with E-state index in [2.05, 4.69) is 4.98 Å². The van der Waals surface area contributed by atoms with Gasteiger partial charge in [-0.15, -0.1) is 0 Å². The molecule has 6 heteroatoms. The van der Waals surface area contributed by atoms with Crippen molar-refractivity contribution in [1.29, 1.82) is 5.41 Å². The third kappa shape index (κ3) is 2.22. The second-order valence-corrected chi connectivity index (χ2v) is 4.66. The third-order valence-electron chi connectivity index (χ3n) is 2.86. The summed E-state index contributed by atoms with van der Waals surface area (Å²) in [5.74, 6) is 0.132. The molecule has 1 aromatic carbocycles. The lowest BCUT2D eigenvalue weighted by Crippen LogP contribution is -2.28. The van der Waals surface area contributed by atoms with E-state index in [0.29, 0.717) is 5.69 Å². The van der Waals surface area contributed by atoms with E-state index in [1.165, 1.54) is 11.5 Å². The van der Waals surface area contributed by atoms with Crippen molar-refractivity contribution >= 4 is 23.7 Å². The summed E-state index contributed by atoms with van der Waals surface area (Å²) in [7, 11) is 0. The van der Waals surface area contributed by atoms with Gasteiger partial charge in [0, 0.05) is 5.71 Å². The van der Waals surface area contributed by atoms with Crippen LogP contribution in [0.4, 0.5) is 5.82 Å². The molecule has 0 aliphatic heterocycles. The molecule has 0 aliphatic carbocycles. The fourth-order valence-electron chi connectivity index (χ4n) is 1.95. The second kappa shape index (κ2) is 4.81. The summed E-state index contributed by atoms with van der Waals surface area (Å²) >= 11 is 5.17. The predicted octanol–water partition coefficient (Wildman–Crippen LogP) is 2.17. The summed E-state index contributed by atoms with van der Waals surface area (Å²) in [5, 5.41) is 7.65. The number of aromatic amines is 1. The van der Waals surface area contributed by atoms with Gasteiger partial charge in [0.1, 0.15) is 11.4 Å². The summed E-state index contributed by atoms with van der Waals surface area (Å²) in [6.45, 7) is 3.41. The Morgan fingerprint density at radius 2 is 2.05 bits per heavy atom. The van der Waals surface area contributed by atoms with E-state index in [-0.39, 0.29) is 27.4 Å². The van der Waals surface area contributed by atoms with Gasteiger partial charge in [-0.3, -0.25) is 9.36 Å². The van der Waals surface area contributed by atoms with Crippen LogP contribution in [0, 0.1) is 17.1 Å². The number of nitrogens with two attached hydrogens (primary N) is 1. The van der Waals surface area contributed by atoms with Gasteiger partial charge in [0.05, 0.1) is 5.69 Å². The molecular formula is C13H14N4OS. The van der Waals surface area contributed by atoms with Crippen molar-refractivity contribution in [2.24, 2.45) is 0 Å². The van der Waals surface area contributed by atoms with Crippen molar-refractivity contribution in [2.75, 3.05) is 5.73 Å². The summed E-state index contributed by atoms with van der Waals surface area (Å²) in [6.07, 6.45) is 0. The maximum Gasteiger partial charge on any atom is 0.270 e. The highest BCUT2D eigenvalue weighted by Crippen LogP contribution is 2.13. The first kappa shape index (κ1) is 13.2. The van der Waals surface area contributed by atoms with Crippen LogP contribution in [-0.2, 0) is 0 Å². The highest BCUT2D eigenvalue weighted by Gasteiger charge is 2.14. The molecule has 0 aliphatic rings. The monoisotopic (exact) mass is 274 g/mol. The number of benzene rings is 1. The maximum atomic E-state index is 12.5. The molecule has 5 nitrogen and oxygen atoms in total. The van der Waals surface area contributed by atoms with Gasteiger partial charge in [0.25, 0.3) is 5.56 Å². The highest BCUT2D eigenvalue weighted by molar-refractivity contribution is 7.71. The zero-order valence-electron chi connectivity index (χ0n) is 10.7. The number of anilines is 1. The molecule has 2 rings (SSSR count). The zero-order valence-corrected chi connectivity index (χ0v) is 11.5. The number of nitrogen functional groups attached to an aromatic ring is 1. The molecule has 0 saturated heterocycles. The van der Waals surface area contributed by atoms with Gasteiger partial charge in [-0.25, -0.2) is 0 Å². The Labute approximate surface area is 115 Å². The average molecular weight is 274 g/mol. The fourth-order valence-corrected chi connectivity index (χ4v) is 2.24. The summed E-state index contributed by atoms with van der Waals surface area (Å²) < 4.78 is 1.59. The Kier molecular flexibility index (Phi) is 3.35. The molecule has 0 saturated carbocycles. The summed E-state index contributed by atoms with van der Waals surface area (Å²) in [4.78, 5) is 15.2. The van der Waals surface area contributed by atoms with E-state index in [0.717, 1.165) is 5.56 Å². The molecule has 19 heavy (non-hydrogen) atoms. The first-order chi connectivity index (χ1) is 8.93. The van der Waals surface area contributed by atoms with Gasteiger partial charge in [-0.05, 0) is 37.7 Å². The smallest absolute Gasteiger partial charge is 0.270 e. The molecule has 2 aromatic rings. The van der Waals surface area contributed by atoms with E-state index in [4.69, 9.17) is 23.4 Å². The van der Waals surface area contributed by atoms with Gasteiger partial charge in [-0.1, -0.05) is 18.2 Å². The van der Waals surface area contributed by atoms with E-state index in [1.54, 1.807) is 6.07 Å². The second-order valence-electron chi connectivity index (χ2n) is 4.27. The van der Waals surface area contributed by atoms with Crippen molar-refractivity contribution in [1.82, 2.24) is 9.55 Å². The molecule has 0 radical (unpaired) electrons. The van der Waals surface area contributed by atoms with Crippen LogP contribution in [0.15, 0.2) is 29.1 Å². The Morgan fingerprint density at radius 3 is 2.63 bits per heavy atom. The van der Waals surface area contributed by atoms with Crippen LogP contribution in [0.3, 0.4) is 0 Å². The lowest BCUT2D eigenvalue weighted by molar-refractivity contribution is 0.905. The summed E-state index contributed by atoms with van der Waals surface area (Å²) in [5.41, 5.74) is 7.23. The Hall–Kier alpha value is -2.21. The molecule has 0 fully saturated rings. The maximum absolute atomic E-state index is 12.5. The number of aryl methyl sites for hydroxylation is 1. The SMILES string of the molecule is CC(=N)c1c(N)[nH]c(=S)n(-c2ccccc2C)c1=O. The normalized spacial score (nSPS) is 10.4. The van der Waals surface area contributed by atoms with Gasteiger partial charge < -0.3 is 16.1 Å². The molecule has 0 bridgehead atoms. The molecule has 1 heterocycles. The van der Waals surface area contributed by atoms with Crippen LogP contribution in [-0.4, -0.2) is 15.3 Å². The van der Waals surface area contributed by atoms with Crippen molar-refractivity contribution < 1.29 is 0 Å². The predicted molar refractivity (Wildman–Crippen MR) is 78.9 cm³/mol. The van der Waals surface area contributed by atoms with Crippen LogP contribution in [0.25, 0.3) is 5.69 Å². The van der Waals surface area contributed by atoms with Crippen LogP contribution in [0.1, 0.15) is 18.1 Å². The van der Waals surface area contributed by atoms with Crippen molar-refractivity contribution in [3.05, 3.63) is 50.5 Å². The number of hydrogen-bond acceptors (Lipinski definition) is 4. The van der Waals surface area contributed by atoms with Crippen molar-refractivity contribution in [3.8, 4) is 5.69 Å². The van der Waals surface area contributed by atoms with Crippen LogP contribution < -0.4 is 11.3 Å². The first-order valence-electron chi connectivity index (χ1n) is 5.70. The minimum atomic E-state index is -0.372. The molecule has 0 atom stereocenters. The van der Waals surface area contributed by atoms with E-state index in [9.17, 15) is 4.79 Å². The Balaban J connectivity index is 2.91. The molecule has 0 spiro atoms. The lowest BCUT2D eigenvalue weighted by Gasteiger charge is -2.12. The number of hydrogen-bond donors (Lipinski definition) is 3. The molecule has 0 unspecified atom stereocenters. The number of nitrogens with one attached hydrogen (secondary N) is 2. The quantitative estimate of drug-likeness (QED) is 0.579. The highest BCUT2D eigenvalue weighted by atomic mass is 32.1. The van der Waals surface area contributed by atoms with Gasteiger partial charge in [0.15, 0.2) is 4.77 Å².